The van der Waals surface area contributed by atoms with Gasteiger partial charge >= 0.3 is 0 Å². The summed E-state index contributed by atoms with van der Waals surface area (Å²) in [5, 5.41) is 10.1. The monoisotopic (exact) mass is 577 g/mol. The van der Waals surface area contributed by atoms with Gasteiger partial charge in [-0.2, -0.15) is 0 Å². The summed E-state index contributed by atoms with van der Waals surface area (Å²) in [6.07, 6.45) is 4.68. The van der Waals surface area contributed by atoms with Crippen LogP contribution in [0.25, 0.3) is 0 Å². The molecule has 2 aromatic carbocycles. The number of likely N-dealkylation sites (tertiary alicyclic amines) is 1. The molecular formula is C29H31N5O6S. The van der Waals surface area contributed by atoms with Crippen LogP contribution in [0.2, 0.25) is 0 Å². The lowest BCUT2D eigenvalue weighted by molar-refractivity contribution is -0.136. The number of carbonyl (C=O) groups excluding carboxylic acids is 3. The van der Waals surface area contributed by atoms with Crippen LogP contribution >= 0.6 is 0 Å². The number of amides is 3. The van der Waals surface area contributed by atoms with E-state index in [0.29, 0.717) is 30.7 Å². The SMILES string of the molecule is N=C/C(=C\NS(=O)(=O)c1ccccc1)CN1CCC2(CC1)COc1c2ccc2c1CN(C1CCC(=O)NC1=O)C2=O. The van der Waals surface area contributed by atoms with E-state index in [1.165, 1.54) is 24.5 Å². The molecule has 0 bridgehead atoms. The average molecular weight is 578 g/mol. The van der Waals surface area contributed by atoms with Crippen LogP contribution in [0.4, 0.5) is 0 Å². The van der Waals surface area contributed by atoms with E-state index in [9.17, 15) is 22.8 Å². The first-order chi connectivity index (χ1) is 19.7. The van der Waals surface area contributed by atoms with Crippen molar-refractivity contribution in [1.29, 1.82) is 5.41 Å². The summed E-state index contributed by atoms with van der Waals surface area (Å²) in [7, 11) is -3.71. The zero-order valence-electron chi connectivity index (χ0n) is 22.4. The molecule has 214 valence electrons. The number of rotatable bonds is 7. The van der Waals surface area contributed by atoms with Gasteiger partial charge in [0, 0.05) is 53.1 Å². The first kappa shape index (κ1) is 27.2. The number of nitrogens with one attached hydrogen (secondary N) is 3. The van der Waals surface area contributed by atoms with Crippen LogP contribution in [0.5, 0.6) is 5.75 Å². The number of ether oxygens (including phenoxy) is 1. The minimum absolute atomic E-state index is 0.161. The fraction of sp³-hybridized carbons (Fsp3) is 0.379. The molecule has 11 nitrogen and oxygen atoms in total. The van der Waals surface area contributed by atoms with Crippen molar-refractivity contribution in [3.8, 4) is 5.75 Å². The van der Waals surface area contributed by atoms with Crippen LogP contribution in [-0.4, -0.2) is 74.4 Å². The minimum Gasteiger partial charge on any atom is -0.492 e. The van der Waals surface area contributed by atoms with Gasteiger partial charge in [0.15, 0.2) is 0 Å². The maximum atomic E-state index is 13.2. The van der Waals surface area contributed by atoms with E-state index in [4.69, 9.17) is 10.1 Å². The lowest BCUT2D eigenvalue weighted by Gasteiger charge is -2.38. The molecule has 0 radical (unpaired) electrons. The standard InChI is InChI=1S/C29H31N5O6S/c30-14-19(15-31-41(38,39)20-4-2-1-3-5-20)16-33-12-10-29(11-13-33)18-40-26-22-17-34(24-8-9-25(35)32-27(24)36)28(37)21(22)6-7-23(26)29/h1-7,14-15,24,30-31H,8-13,16-18H2,(H,32,35,36)/b19-15+,30-14?. The molecule has 2 saturated heterocycles. The van der Waals surface area contributed by atoms with Gasteiger partial charge in [-0.25, -0.2) is 8.42 Å². The highest BCUT2D eigenvalue weighted by molar-refractivity contribution is 7.89. The predicted octanol–water partition coefficient (Wildman–Crippen LogP) is 1.69. The Kier molecular flexibility index (Phi) is 6.90. The van der Waals surface area contributed by atoms with Gasteiger partial charge in [-0.05, 0) is 50.6 Å². The quantitative estimate of drug-likeness (QED) is 0.335. The molecule has 4 aliphatic rings. The second-order valence-electron chi connectivity index (χ2n) is 11.0. The molecule has 2 aromatic rings. The molecule has 3 N–H and O–H groups in total. The van der Waals surface area contributed by atoms with Gasteiger partial charge in [-0.1, -0.05) is 24.3 Å². The van der Waals surface area contributed by atoms with Crippen molar-refractivity contribution in [2.24, 2.45) is 0 Å². The van der Waals surface area contributed by atoms with E-state index >= 15 is 0 Å². The largest absolute Gasteiger partial charge is 0.492 e. The van der Waals surface area contributed by atoms with Gasteiger partial charge < -0.3 is 15.0 Å². The van der Waals surface area contributed by atoms with Gasteiger partial charge in [0.05, 0.1) is 18.0 Å². The topological polar surface area (TPSA) is 149 Å². The van der Waals surface area contributed by atoms with E-state index in [1.54, 1.807) is 23.1 Å². The summed E-state index contributed by atoms with van der Waals surface area (Å²) < 4.78 is 33.8. The molecule has 6 rings (SSSR count). The highest BCUT2D eigenvalue weighted by Gasteiger charge is 2.47. The van der Waals surface area contributed by atoms with E-state index in [0.717, 1.165) is 42.8 Å². The number of nitrogens with zero attached hydrogens (tertiary/aromatic N) is 2. The van der Waals surface area contributed by atoms with E-state index in [1.807, 2.05) is 12.1 Å². The molecule has 12 heteroatoms. The second kappa shape index (κ2) is 10.4. The smallest absolute Gasteiger partial charge is 0.261 e. The number of benzene rings is 2. The third-order valence-corrected chi connectivity index (χ3v) is 9.91. The first-order valence-corrected chi connectivity index (χ1v) is 15.1. The van der Waals surface area contributed by atoms with Gasteiger partial charge in [0.2, 0.25) is 11.8 Å². The fourth-order valence-corrected chi connectivity index (χ4v) is 7.21. The molecule has 0 saturated carbocycles. The van der Waals surface area contributed by atoms with Crippen molar-refractivity contribution in [3.05, 3.63) is 70.9 Å². The zero-order valence-corrected chi connectivity index (χ0v) is 23.2. The Bertz CT molecular complexity index is 1560. The number of carbonyl (C=O) groups is 3. The van der Waals surface area contributed by atoms with Gasteiger partial charge in [-0.3, -0.25) is 29.3 Å². The maximum absolute atomic E-state index is 13.2. The van der Waals surface area contributed by atoms with Crippen molar-refractivity contribution in [1.82, 2.24) is 19.8 Å². The van der Waals surface area contributed by atoms with Crippen molar-refractivity contribution in [2.45, 2.75) is 48.6 Å². The fourth-order valence-electron chi connectivity index (χ4n) is 6.25. The Morgan fingerprint density at radius 1 is 1.12 bits per heavy atom. The summed E-state index contributed by atoms with van der Waals surface area (Å²) in [4.78, 5) is 41.1. The van der Waals surface area contributed by atoms with Crippen molar-refractivity contribution in [2.75, 3.05) is 26.2 Å². The number of hydrogen-bond donors (Lipinski definition) is 3. The Morgan fingerprint density at radius 3 is 2.59 bits per heavy atom. The Hall–Kier alpha value is -4.03. The minimum atomic E-state index is -3.71. The molecule has 3 amide bonds. The number of piperidine rings is 2. The molecule has 0 aliphatic carbocycles. The number of sulfonamides is 1. The highest BCUT2D eigenvalue weighted by atomic mass is 32.2. The van der Waals surface area contributed by atoms with E-state index in [-0.39, 0.29) is 35.1 Å². The second-order valence-corrected chi connectivity index (χ2v) is 12.7. The molecule has 1 atom stereocenters. The van der Waals surface area contributed by atoms with E-state index in [2.05, 4.69) is 14.9 Å². The Labute approximate surface area is 238 Å². The van der Waals surface area contributed by atoms with Crippen molar-refractivity contribution < 1.29 is 27.5 Å². The maximum Gasteiger partial charge on any atom is 0.261 e. The molecule has 0 aromatic heterocycles. The normalized spacial score (nSPS) is 22.2. The summed E-state index contributed by atoms with van der Waals surface area (Å²) >= 11 is 0. The molecule has 1 unspecified atom stereocenters. The summed E-state index contributed by atoms with van der Waals surface area (Å²) in [5.41, 5.74) is 2.77. The van der Waals surface area contributed by atoms with Gasteiger partial charge in [0.25, 0.3) is 15.9 Å². The molecule has 41 heavy (non-hydrogen) atoms. The summed E-state index contributed by atoms with van der Waals surface area (Å²) in [5.74, 6) is -0.236. The number of imide groups is 1. The van der Waals surface area contributed by atoms with Crippen molar-refractivity contribution >= 4 is 34.0 Å². The molecular weight excluding hydrogens is 546 g/mol. The predicted molar refractivity (Wildman–Crippen MR) is 149 cm³/mol. The molecule has 1 spiro atoms. The van der Waals surface area contributed by atoms with Gasteiger partial charge in [0.1, 0.15) is 11.8 Å². The van der Waals surface area contributed by atoms with Crippen LogP contribution in [0.1, 0.15) is 47.2 Å². The van der Waals surface area contributed by atoms with Crippen LogP contribution in [0.15, 0.2) is 59.1 Å². The first-order valence-electron chi connectivity index (χ1n) is 13.6. The average Bonchev–Trinajstić information content (AvgIpc) is 3.50. The third-order valence-electron chi connectivity index (χ3n) is 8.59. The van der Waals surface area contributed by atoms with Crippen LogP contribution in [0.3, 0.4) is 0 Å². The zero-order chi connectivity index (χ0) is 28.8. The van der Waals surface area contributed by atoms with Crippen LogP contribution in [-0.2, 0) is 31.6 Å². The van der Waals surface area contributed by atoms with Gasteiger partial charge in [-0.15, -0.1) is 0 Å². The Morgan fingerprint density at radius 2 is 1.88 bits per heavy atom. The lowest BCUT2D eigenvalue weighted by atomic mass is 9.74. The molecule has 4 heterocycles. The number of hydrogen-bond acceptors (Lipinski definition) is 8. The lowest BCUT2D eigenvalue weighted by Crippen LogP contribution is -2.52. The molecule has 2 fully saturated rings. The Balaban J connectivity index is 1.12. The molecule has 4 aliphatic heterocycles. The highest BCUT2D eigenvalue weighted by Crippen LogP contribution is 2.49. The van der Waals surface area contributed by atoms with E-state index < -0.39 is 22.0 Å². The number of fused-ring (bicyclic) bond motifs is 4. The van der Waals surface area contributed by atoms with Crippen LogP contribution in [0, 0.1) is 5.41 Å². The van der Waals surface area contributed by atoms with Crippen LogP contribution < -0.4 is 14.8 Å². The summed E-state index contributed by atoms with van der Waals surface area (Å²) in [6, 6.07) is 11.2. The third kappa shape index (κ3) is 4.91. The summed E-state index contributed by atoms with van der Waals surface area (Å²) in [6.45, 7) is 2.68. The van der Waals surface area contributed by atoms with Crippen molar-refractivity contribution in [3.63, 3.8) is 0 Å².